The lowest BCUT2D eigenvalue weighted by molar-refractivity contribution is -0.939. The van der Waals surface area contributed by atoms with Gasteiger partial charge in [0.2, 0.25) is 0 Å². The topological polar surface area (TPSA) is 81.2 Å². The lowest BCUT2D eigenvalue weighted by atomic mass is 9.78. The van der Waals surface area contributed by atoms with Crippen LogP contribution in [0, 0.1) is 5.92 Å². The van der Waals surface area contributed by atoms with E-state index in [9.17, 15) is 9.59 Å². The standard InChI is InChI=1S/C25H32N4O3S/c30-23(28-22-16-26-11-12-27-22)18-29-13-7-19(8-14-29)20(17-29)32-24(31)25(21-6-5-15-33-21)9-3-1-2-4-10-25/h5-6,11-12,15-16,19-20H,1-4,7-10,13-14,17-18H2/p+1. The van der Waals surface area contributed by atoms with E-state index >= 15 is 0 Å². The summed E-state index contributed by atoms with van der Waals surface area (Å²) in [5, 5.41) is 4.94. The molecule has 1 N–H and O–H groups in total. The van der Waals surface area contributed by atoms with Crippen molar-refractivity contribution in [2.45, 2.75) is 62.9 Å². The first kappa shape index (κ1) is 22.5. The van der Waals surface area contributed by atoms with Crippen molar-refractivity contribution < 1.29 is 18.8 Å². The van der Waals surface area contributed by atoms with Crippen molar-refractivity contribution in [3.63, 3.8) is 0 Å². The smallest absolute Gasteiger partial charge is 0.317 e. The van der Waals surface area contributed by atoms with Gasteiger partial charge >= 0.3 is 5.97 Å². The zero-order valence-corrected chi connectivity index (χ0v) is 19.9. The van der Waals surface area contributed by atoms with Gasteiger partial charge in [0.05, 0.1) is 19.3 Å². The second-order valence-corrected chi connectivity index (χ2v) is 11.0. The molecule has 0 radical (unpaired) electrons. The Morgan fingerprint density at radius 3 is 2.61 bits per heavy atom. The number of esters is 1. The van der Waals surface area contributed by atoms with Gasteiger partial charge in [-0.1, -0.05) is 31.7 Å². The second-order valence-electron chi connectivity index (χ2n) is 10.0. The largest absolute Gasteiger partial charge is 0.455 e. The van der Waals surface area contributed by atoms with E-state index in [1.165, 1.54) is 12.8 Å². The molecular weight excluding hydrogens is 436 g/mol. The number of hydrogen-bond donors (Lipinski definition) is 1. The summed E-state index contributed by atoms with van der Waals surface area (Å²) in [5.74, 6) is 0.789. The molecule has 2 aromatic heterocycles. The summed E-state index contributed by atoms with van der Waals surface area (Å²) >= 11 is 1.68. The van der Waals surface area contributed by atoms with E-state index in [1.54, 1.807) is 29.9 Å². The van der Waals surface area contributed by atoms with Crippen LogP contribution in [0.25, 0.3) is 0 Å². The Morgan fingerprint density at radius 1 is 1.15 bits per heavy atom. The molecule has 4 aliphatic rings. The number of nitrogens with one attached hydrogen (secondary N) is 1. The average molecular weight is 470 g/mol. The molecule has 2 aromatic rings. The summed E-state index contributed by atoms with van der Waals surface area (Å²) in [5.41, 5.74) is -0.495. The molecule has 0 aromatic carbocycles. The quantitative estimate of drug-likeness (QED) is 0.394. The van der Waals surface area contributed by atoms with Crippen LogP contribution in [0.3, 0.4) is 0 Å². The monoisotopic (exact) mass is 469 g/mol. The number of fused-ring (bicyclic) bond motifs is 3. The number of hydrogen-bond acceptors (Lipinski definition) is 6. The van der Waals surface area contributed by atoms with Gasteiger partial charge in [-0.2, -0.15) is 0 Å². The second kappa shape index (κ2) is 9.50. The number of rotatable bonds is 6. The Bertz CT molecular complexity index is 949. The maximum absolute atomic E-state index is 13.8. The number of ether oxygens (including phenoxy) is 1. The predicted octanol–water partition coefficient (Wildman–Crippen LogP) is 3.92. The van der Waals surface area contributed by atoms with Crippen molar-refractivity contribution >= 4 is 29.0 Å². The average Bonchev–Trinajstić information content (AvgIpc) is 3.25. The molecule has 5 heterocycles. The number of aromatic nitrogens is 2. The van der Waals surface area contributed by atoms with E-state index in [0.717, 1.165) is 63.0 Å². The third-order valence-electron chi connectivity index (χ3n) is 7.95. The molecule has 3 saturated heterocycles. The van der Waals surface area contributed by atoms with E-state index in [1.807, 2.05) is 6.07 Å². The molecule has 1 amide bonds. The molecule has 33 heavy (non-hydrogen) atoms. The van der Waals surface area contributed by atoms with Crippen molar-refractivity contribution in [2.24, 2.45) is 5.92 Å². The minimum absolute atomic E-state index is 0.0345. The van der Waals surface area contributed by atoms with Crippen LogP contribution >= 0.6 is 11.3 Å². The van der Waals surface area contributed by atoms with Gasteiger partial charge in [0, 0.05) is 36.0 Å². The Labute approximate surface area is 199 Å². The molecule has 8 heteroatoms. The van der Waals surface area contributed by atoms with Gasteiger partial charge in [-0.3, -0.25) is 14.6 Å². The van der Waals surface area contributed by atoms with Crippen LogP contribution in [0.2, 0.25) is 0 Å². The van der Waals surface area contributed by atoms with Crippen molar-refractivity contribution in [1.82, 2.24) is 9.97 Å². The number of quaternary nitrogens is 1. The molecule has 3 aliphatic heterocycles. The number of anilines is 1. The molecule has 1 atom stereocenters. The highest BCUT2D eigenvalue weighted by atomic mass is 32.1. The van der Waals surface area contributed by atoms with Crippen LogP contribution in [0.5, 0.6) is 0 Å². The lowest BCUT2D eigenvalue weighted by Gasteiger charge is -2.52. The fourth-order valence-corrected chi connectivity index (χ4v) is 7.09. The summed E-state index contributed by atoms with van der Waals surface area (Å²) in [6.45, 7) is 3.03. The Hall–Kier alpha value is -2.32. The van der Waals surface area contributed by atoms with E-state index in [-0.39, 0.29) is 18.0 Å². The van der Waals surface area contributed by atoms with Gasteiger partial charge in [-0.15, -0.1) is 11.3 Å². The molecule has 0 spiro atoms. The summed E-state index contributed by atoms with van der Waals surface area (Å²) in [7, 11) is 0. The Morgan fingerprint density at radius 2 is 1.94 bits per heavy atom. The number of piperidine rings is 3. The fraction of sp³-hybridized carbons (Fsp3) is 0.600. The minimum atomic E-state index is -0.495. The molecule has 1 aliphatic carbocycles. The fourth-order valence-electron chi connectivity index (χ4n) is 6.11. The molecular formula is C25H33N4O3S+. The van der Waals surface area contributed by atoms with Crippen molar-refractivity contribution in [2.75, 3.05) is 31.5 Å². The van der Waals surface area contributed by atoms with Crippen LogP contribution in [0.1, 0.15) is 56.2 Å². The highest BCUT2D eigenvalue weighted by Gasteiger charge is 2.51. The zero-order valence-electron chi connectivity index (χ0n) is 19.1. The van der Waals surface area contributed by atoms with Gasteiger partial charge in [0.15, 0.2) is 18.5 Å². The summed E-state index contributed by atoms with van der Waals surface area (Å²) in [6.07, 6.45) is 12.9. The van der Waals surface area contributed by atoms with E-state index in [2.05, 4.69) is 26.7 Å². The number of carbonyl (C=O) groups excluding carboxylic acids is 2. The first-order valence-corrected chi connectivity index (χ1v) is 13.1. The molecule has 1 saturated carbocycles. The summed E-state index contributed by atoms with van der Waals surface area (Å²) < 4.78 is 7.06. The molecule has 2 bridgehead atoms. The Balaban J connectivity index is 1.28. The minimum Gasteiger partial charge on any atom is -0.455 e. The first-order valence-electron chi connectivity index (χ1n) is 12.2. The summed E-state index contributed by atoms with van der Waals surface area (Å²) in [4.78, 5) is 35.9. The predicted molar refractivity (Wildman–Crippen MR) is 127 cm³/mol. The highest BCUT2D eigenvalue weighted by Crippen LogP contribution is 2.43. The van der Waals surface area contributed by atoms with E-state index in [0.29, 0.717) is 22.8 Å². The van der Waals surface area contributed by atoms with Gasteiger partial charge < -0.3 is 14.5 Å². The van der Waals surface area contributed by atoms with Gasteiger partial charge in [0.1, 0.15) is 12.0 Å². The zero-order chi connectivity index (χ0) is 22.7. The van der Waals surface area contributed by atoms with Crippen LogP contribution in [-0.2, 0) is 19.7 Å². The molecule has 176 valence electrons. The van der Waals surface area contributed by atoms with Gasteiger partial charge in [-0.25, -0.2) is 4.98 Å². The number of carbonyl (C=O) groups is 2. The maximum atomic E-state index is 13.8. The van der Waals surface area contributed by atoms with E-state index < -0.39 is 5.41 Å². The van der Waals surface area contributed by atoms with E-state index in [4.69, 9.17) is 4.74 Å². The normalized spacial score (nSPS) is 28.6. The van der Waals surface area contributed by atoms with Crippen LogP contribution in [0.4, 0.5) is 5.82 Å². The van der Waals surface area contributed by atoms with Crippen molar-refractivity contribution in [1.29, 1.82) is 0 Å². The molecule has 7 nitrogen and oxygen atoms in total. The molecule has 4 fully saturated rings. The SMILES string of the molecule is O=C(C[N+]12CCC(CC1)C(OC(=O)C1(c3cccs3)CCCCCC1)C2)Nc1cnccn1. The maximum Gasteiger partial charge on any atom is 0.317 e. The summed E-state index contributed by atoms with van der Waals surface area (Å²) in [6, 6.07) is 4.16. The molecule has 6 rings (SSSR count). The highest BCUT2D eigenvalue weighted by molar-refractivity contribution is 7.10. The van der Waals surface area contributed by atoms with Crippen LogP contribution in [-0.4, -0.2) is 58.6 Å². The number of thiophene rings is 1. The third-order valence-corrected chi connectivity index (χ3v) is 9.02. The number of nitrogens with zero attached hydrogens (tertiary/aromatic N) is 3. The van der Waals surface area contributed by atoms with Gasteiger partial charge in [0.25, 0.3) is 5.91 Å². The molecule has 1 unspecified atom stereocenters. The van der Waals surface area contributed by atoms with Crippen molar-refractivity contribution in [3.05, 3.63) is 41.0 Å². The first-order chi connectivity index (χ1) is 16.1. The third kappa shape index (κ3) is 4.68. The van der Waals surface area contributed by atoms with Crippen LogP contribution in [0.15, 0.2) is 36.1 Å². The number of amides is 1. The van der Waals surface area contributed by atoms with Crippen molar-refractivity contribution in [3.8, 4) is 0 Å². The van der Waals surface area contributed by atoms with Crippen LogP contribution < -0.4 is 5.32 Å². The lowest BCUT2D eigenvalue weighted by Crippen LogP contribution is -2.66. The Kier molecular flexibility index (Phi) is 6.47. The van der Waals surface area contributed by atoms with Gasteiger partial charge in [-0.05, 0) is 24.3 Å².